The number of ether oxygens (including phenoxy) is 1. The Morgan fingerprint density at radius 3 is 2.50 bits per heavy atom. The zero-order chi connectivity index (χ0) is 12.2. The second kappa shape index (κ2) is 5.48. The average Bonchev–Trinajstić information content (AvgIpc) is 2.63. The summed E-state index contributed by atoms with van der Waals surface area (Å²) in [5.41, 5.74) is -0.944. The Balaban J connectivity index is 2.14. The fourth-order valence-corrected chi connectivity index (χ4v) is 1.82. The van der Waals surface area contributed by atoms with E-state index in [0.717, 1.165) is 26.0 Å². The monoisotopic (exact) mass is 229 g/mol. The molecule has 0 aromatic rings. The zero-order valence-corrected chi connectivity index (χ0v) is 11.2. The summed E-state index contributed by atoms with van der Waals surface area (Å²) in [6, 6.07) is 0. The molecule has 96 valence electrons. The Hall–Kier alpha value is -0.120. The van der Waals surface area contributed by atoms with Crippen LogP contribution in [0.15, 0.2) is 0 Å². The molecule has 1 fully saturated rings. The largest absolute Gasteiger partial charge is 0.389 e. The van der Waals surface area contributed by atoms with E-state index in [-0.39, 0.29) is 5.54 Å². The zero-order valence-electron chi connectivity index (χ0n) is 11.2. The summed E-state index contributed by atoms with van der Waals surface area (Å²) in [7, 11) is 0. The van der Waals surface area contributed by atoms with E-state index in [2.05, 4.69) is 5.32 Å². The van der Waals surface area contributed by atoms with E-state index in [1.165, 1.54) is 12.8 Å². The lowest BCUT2D eigenvalue weighted by Crippen LogP contribution is -2.56. The highest BCUT2D eigenvalue weighted by Crippen LogP contribution is 2.21. The van der Waals surface area contributed by atoms with Gasteiger partial charge in [-0.1, -0.05) is 0 Å². The molecule has 0 saturated carbocycles. The number of aliphatic hydroxyl groups is 1. The van der Waals surface area contributed by atoms with Crippen LogP contribution in [0.3, 0.4) is 0 Å². The summed E-state index contributed by atoms with van der Waals surface area (Å²) in [5.74, 6) is 0. The first-order valence-electron chi connectivity index (χ1n) is 6.42. The Labute approximate surface area is 99.6 Å². The van der Waals surface area contributed by atoms with Crippen molar-refractivity contribution in [2.75, 3.05) is 13.2 Å². The van der Waals surface area contributed by atoms with E-state index in [1.807, 2.05) is 27.7 Å². The average molecular weight is 229 g/mol. The third-order valence-corrected chi connectivity index (χ3v) is 3.82. The highest BCUT2D eigenvalue weighted by molar-refractivity contribution is 4.93. The number of rotatable bonds is 6. The third kappa shape index (κ3) is 4.04. The van der Waals surface area contributed by atoms with Gasteiger partial charge in [0, 0.05) is 12.1 Å². The van der Waals surface area contributed by atoms with Crippen molar-refractivity contribution >= 4 is 0 Å². The maximum atomic E-state index is 9.97. The van der Waals surface area contributed by atoms with Gasteiger partial charge in [0.15, 0.2) is 0 Å². The minimum atomic E-state index is -0.698. The van der Waals surface area contributed by atoms with Gasteiger partial charge in [0.2, 0.25) is 0 Å². The minimum Gasteiger partial charge on any atom is -0.389 e. The Bertz CT molecular complexity index is 202. The smallest absolute Gasteiger partial charge is 0.0767 e. The van der Waals surface area contributed by atoms with E-state index in [0.29, 0.717) is 6.10 Å². The van der Waals surface area contributed by atoms with Crippen LogP contribution in [0.2, 0.25) is 0 Å². The molecule has 0 aromatic carbocycles. The molecule has 0 bridgehead atoms. The van der Waals surface area contributed by atoms with Crippen LogP contribution >= 0.6 is 0 Å². The summed E-state index contributed by atoms with van der Waals surface area (Å²) < 4.78 is 5.58. The van der Waals surface area contributed by atoms with E-state index in [9.17, 15) is 5.11 Å². The molecular weight excluding hydrogens is 202 g/mol. The summed E-state index contributed by atoms with van der Waals surface area (Å²) >= 11 is 0. The van der Waals surface area contributed by atoms with Gasteiger partial charge >= 0.3 is 0 Å². The van der Waals surface area contributed by atoms with Crippen molar-refractivity contribution in [3.05, 3.63) is 0 Å². The molecule has 0 radical (unpaired) electrons. The first-order chi connectivity index (χ1) is 7.33. The number of nitrogens with one attached hydrogen (secondary N) is 1. The maximum Gasteiger partial charge on any atom is 0.0767 e. The number of hydrogen-bond donors (Lipinski definition) is 2. The molecule has 1 rings (SSSR count). The Kier molecular flexibility index (Phi) is 4.77. The summed E-state index contributed by atoms with van der Waals surface area (Å²) in [6.45, 7) is 9.66. The van der Waals surface area contributed by atoms with Crippen molar-refractivity contribution in [1.82, 2.24) is 5.32 Å². The van der Waals surface area contributed by atoms with Crippen molar-refractivity contribution in [3.63, 3.8) is 0 Å². The normalized spacial score (nSPS) is 22.7. The molecule has 3 heteroatoms. The van der Waals surface area contributed by atoms with Crippen molar-refractivity contribution in [2.45, 2.75) is 70.6 Å². The van der Waals surface area contributed by atoms with Crippen LogP contribution in [0.5, 0.6) is 0 Å². The third-order valence-electron chi connectivity index (χ3n) is 3.82. The van der Waals surface area contributed by atoms with Gasteiger partial charge in [0.05, 0.1) is 11.7 Å². The molecule has 1 heterocycles. The van der Waals surface area contributed by atoms with Crippen LogP contribution in [0.25, 0.3) is 0 Å². The van der Waals surface area contributed by atoms with Crippen molar-refractivity contribution in [3.8, 4) is 0 Å². The topological polar surface area (TPSA) is 41.5 Å². The molecule has 1 unspecified atom stereocenters. The van der Waals surface area contributed by atoms with Gasteiger partial charge in [0.25, 0.3) is 0 Å². The van der Waals surface area contributed by atoms with E-state index in [4.69, 9.17) is 4.74 Å². The van der Waals surface area contributed by atoms with Crippen molar-refractivity contribution < 1.29 is 9.84 Å². The minimum absolute atomic E-state index is 0.246. The molecular formula is C13H27NO2. The lowest BCUT2D eigenvalue weighted by molar-refractivity contribution is -0.00488. The van der Waals surface area contributed by atoms with Gasteiger partial charge in [-0.15, -0.1) is 0 Å². The highest BCUT2D eigenvalue weighted by atomic mass is 16.5. The highest BCUT2D eigenvalue weighted by Gasteiger charge is 2.34. The van der Waals surface area contributed by atoms with Crippen LogP contribution in [-0.2, 0) is 4.74 Å². The summed E-state index contributed by atoms with van der Waals surface area (Å²) in [6.07, 6.45) is 5.16. The van der Waals surface area contributed by atoms with Gasteiger partial charge in [-0.05, 0) is 59.9 Å². The molecule has 2 N–H and O–H groups in total. The van der Waals surface area contributed by atoms with Gasteiger partial charge < -0.3 is 15.2 Å². The first kappa shape index (κ1) is 13.9. The quantitative estimate of drug-likeness (QED) is 0.685. The van der Waals surface area contributed by atoms with E-state index in [1.54, 1.807) is 0 Å². The molecule has 1 aliphatic rings. The second-order valence-electron chi connectivity index (χ2n) is 5.89. The van der Waals surface area contributed by atoms with Crippen molar-refractivity contribution in [1.29, 1.82) is 0 Å². The standard InChI is InChI=1S/C13H27NO2/c1-12(2,13(3,4)15)14-9-5-7-11-8-6-10-16-11/h11,14-15H,5-10H2,1-4H3. The molecule has 0 spiro atoms. The summed E-state index contributed by atoms with van der Waals surface area (Å²) in [5, 5.41) is 13.4. The first-order valence-corrected chi connectivity index (χ1v) is 6.42. The van der Waals surface area contributed by atoms with Gasteiger partial charge in [-0.25, -0.2) is 0 Å². The molecule has 1 saturated heterocycles. The molecule has 1 atom stereocenters. The van der Waals surface area contributed by atoms with E-state index >= 15 is 0 Å². The SMILES string of the molecule is CC(C)(O)C(C)(C)NCCCC1CCCO1. The molecule has 16 heavy (non-hydrogen) atoms. The van der Waals surface area contributed by atoms with Crippen LogP contribution in [-0.4, -0.2) is 35.5 Å². The molecule has 0 amide bonds. The maximum absolute atomic E-state index is 9.97. The van der Waals surface area contributed by atoms with Crippen molar-refractivity contribution in [2.24, 2.45) is 0 Å². The van der Waals surface area contributed by atoms with Gasteiger partial charge in [-0.3, -0.25) is 0 Å². The lowest BCUT2D eigenvalue weighted by Gasteiger charge is -2.38. The van der Waals surface area contributed by atoms with Crippen LogP contribution in [0.4, 0.5) is 0 Å². The molecule has 0 aliphatic carbocycles. The Morgan fingerprint density at radius 2 is 2.00 bits per heavy atom. The van der Waals surface area contributed by atoms with Gasteiger partial charge in [-0.2, -0.15) is 0 Å². The Morgan fingerprint density at radius 1 is 1.31 bits per heavy atom. The fraction of sp³-hybridized carbons (Fsp3) is 1.00. The van der Waals surface area contributed by atoms with Crippen LogP contribution < -0.4 is 5.32 Å². The van der Waals surface area contributed by atoms with Gasteiger partial charge in [0.1, 0.15) is 0 Å². The second-order valence-corrected chi connectivity index (χ2v) is 5.89. The predicted molar refractivity (Wildman–Crippen MR) is 66.6 cm³/mol. The molecule has 0 aromatic heterocycles. The predicted octanol–water partition coefficient (Wildman–Crippen LogP) is 2.08. The number of hydrogen-bond acceptors (Lipinski definition) is 3. The summed E-state index contributed by atoms with van der Waals surface area (Å²) in [4.78, 5) is 0. The van der Waals surface area contributed by atoms with Crippen LogP contribution in [0.1, 0.15) is 53.4 Å². The molecule has 1 aliphatic heterocycles. The molecule has 3 nitrogen and oxygen atoms in total. The van der Waals surface area contributed by atoms with Crippen LogP contribution in [0, 0.1) is 0 Å². The lowest BCUT2D eigenvalue weighted by atomic mass is 9.86. The fourth-order valence-electron chi connectivity index (χ4n) is 1.82. The van der Waals surface area contributed by atoms with E-state index < -0.39 is 5.60 Å².